The van der Waals surface area contributed by atoms with Gasteiger partial charge in [-0.1, -0.05) is 37.6 Å². The molecule has 4 atom stereocenters. The van der Waals surface area contributed by atoms with Crippen molar-refractivity contribution in [2.45, 2.75) is 51.4 Å². The first-order valence-electron chi connectivity index (χ1n) is 10.1. The summed E-state index contributed by atoms with van der Waals surface area (Å²) in [6.07, 6.45) is -1.30. The van der Waals surface area contributed by atoms with Gasteiger partial charge in [0.15, 0.2) is 0 Å². The summed E-state index contributed by atoms with van der Waals surface area (Å²) in [5, 5.41) is 0.587. The van der Waals surface area contributed by atoms with Gasteiger partial charge >= 0.3 is 11.7 Å². The van der Waals surface area contributed by atoms with E-state index in [0.717, 1.165) is 16.3 Å². The van der Waals surface area contributed by atoms with Crippen molar-refractivity contribution in [1.82, 2.24) is 9.55 Å². The monoisotopic (exact) mass is 469 g/mol. The van der Waals surface area contributed by atoms with Crippen LogP contribution < -0.4 is 17.0 Å². The van der Waals surface area contributed by atoms with Gasteiger partial charge in [0, 0.05) is 11.4 Å². The highest BCUT2D eigenvalue weighted by Gasteiger charge is 2.39. The minimum absolute atomic E-state index is 0.112. The molecule has 1 fully saturated rings. The SMILES string of the molecule is CC(C)C(N)C(=O)OC[C@H]1O[C@@H](n2cc(F)c(=O)[nH]c2=O)C[C@@H]1OCc1ccc(Cl)cc1. The molecule has 0 radical (unpaired) electrons. The average Bonchev–Trinajstić information content (AvgIpc) is 3.16. The summed E-state index contributed by atoms with van der Waals surface area (Å²) >= 11 is 5.90. The van der Waals surface area contributed by atoms with E-state index in [4.69, 9.17) is 31.5 Å². The lowest BCUT2D eigenvalue weighted by molar-refractivity contribution is -0.154. The van der Waals surface area contributed by atoms with Gasteiger partial charge < -0.3 is 19.9 Å². The van der Waals surface area contributed by atoms with Gasteiger partial charge in [0.05, 0.1) is 18.9 Å². The van der Waals surface area contributed by atoms with Gasteiger partial charge in [0.25, 0.3) is 5.56 Å². The van der Waals surface area contributed by atoms with Crippen molar-refractivity contribution in [2.24, 2.45) is 11.7 Å². The van der Waals surface area contributed by atoms with Crippen LogP contribution in [0.4, 0.5) is 4.39 Å². The number of benzene rings is 1. The van der Waals surface area contributed by atoms with E-state index in [2.05, 4.69) is 0 Å². The van der Waals surface area contributed by atoms with E-state index < -0.39 is 47.5 Å². The molecule has 0 saturated carbocycles. The van der Waals surface area contributed by atoms with Crippen LogP contribution in [-0.2, 0) is 25.6 Å². The fourth-order valence-corrected chi connectivity index (χ4v) is 3.31. The predicted octanol–water partition coefficient (Wildman–Crippen LogP) is 1.73. The Morgan fingerprint density at radius 1 is 1.34 bits per heavy atom. The van der Waals surface area contributed by atoms with Crippen molar-refractivity contribution < 1.29 is 23.4 Å². The topological polar surface area (TPSA) is 126 Å². The number of aromatic amines is 1. The van der Waals surface area contributed by atoms with Gasteiger partial charge in [-0.05, 0) is 23.6 Å². The molecular formula is C21H25ClFN3O6. The van der Waals surface area contributed by atoms with Crippen molar-refractivity contribution >= 4 is 17.6 Å². The summed E-state index contributed by atoms with van der Waals surface area (Å²) in [6.45, 7) is 3.64. The molecule has 0 spiro atoms. The molecule has 1 aromatic heterocycles. The molecular weight excluding hydrogens is 445 g/mol. The van der Waals surface area contributed by atoms with Gasteiger partial charge in [0.1, 0.15) is 25.0 Å². The van der Waals surface area contributed by atoms with Gasteiger partial charge in [-0.3, -0.25) is 19.1 Å². The van der Waals surface area contributed by atoms with E-state index in [1.54, 1.807) is 38.1 Å². The largest absolute Gasteiger partial charge is 0.462 e. The van der Waals surface area contributed by atoms with E-state index in [0.29, 0.717) is 5.02 Å². The standard InChI is InChI=1S/C21H25ClFN3O6/c1-11(2)18(24)20(28)31-10-16-15(30-9-12-3-5-13(22)6-4-12)7-17(32-16)26-8-14(23)19(27)25-21(26)29/h3-6,8,11,15-18H,7,9-10,24H2,1-2H3,(H,25,27,29)/t15-,16+,17+,18?/m0/s1. The maximum Gasteiger partial charge on any atom is 0.330 e. The van der Waals surface area contributed by atoms with Crippen LogP contribution in [0, 0.1) is 11.7 Å². The number of carbonyl (C=O) groups is 1. The Morgan fingerprint density at radius 2 is 2.03 bits per heavy atom. The second kappa shape index (κ2) is 10.4. The zero-order valence-corrected chi connectivity index (χ0v) is 18.4. The number of ether oxygens (including phenoxy) is 3. The van der Waals surface area contributed by atoms with Crippen LogP contribution in [0.15, 0.2) is 40.1 Å². The number of nitrogens with zero attached hydrogens (tertiary/aromatic N) is 1. The highest BCUT2D eigenvalue weighted by molar-refractivity contribution is 6.30. The molecule has 32 heavy (non-hydrogen) atoms. The zero-order chi connectivity index (χ0) is 23.4. The molecule has 1 unspecified atom stereocenters. The number of carbonyl (C=O) groups excluding carboxylic acids is 1. The first-order valence-corrected chi connectivity index (χ1v) is 10.5. The Hall–Kier alpha value is -2.53. The van der Waals surface area contributed by atoms with Gasteiger partial charge in [0.2, 0.25) is 5.82 Å². The number of nitrogens with one attached hydrogen (secondary N) is 1. The molecule has 11 heteroatoms. The predicted molar refractivity (Wildman–Crippen MR) is 114 cm³/mol. The number of hydrogen-bond acceptors (Lipinski definition) is 7. The van der Waals surface area contributed by atoms with Crippen LogP contribution in [0.25, 0.3) is 0 Å². The number of rotatable bonds is 8. The normalized spacial score (nSPS) is 21.6. The molecule has 0 bridgehead atoms. The third-order valence-electron chi connectivity index (χ3n) is 5.17. The van der Waals surface area contributed by atoms with E-state index in [9.17, 15) is 18.8 Å². The maximum absolute atomic E-state index is 13.7. The van der Waals surface area contributed by atoms with Gasteiger partial charge in [-0.15, -0.1) is 0 Å². The van der Waals surface area contributed by atoms with Crippen LogP contribution >= 0.6 is 11.6 Å². The second-order valence-corrected chi connectivity index (χ2v) is 8.32. The summed E-state index contributed by atoms with van der Waals surface area (Å²) in [5.41, 5.74) is 4.73. The Bertz CT molecular complexity index is 1050. The van der Waals surface area contributed by atoms with Gasteiger partial charge in [-0.2, -0.15) is 4.39 Å². The molecule has 0 aliphatic carbocycles. The van der Waals surface area contributed by atoms with Crippen LogP contribution in [0.2, 0.25) is 5.02 Å². The first-order chi connectivity index (χ1) is 15.2. The minimum atomic E-state index is -1.12. The molecule has 3 rings (SSSR count). The number of H-pyrrole nitrogens is 1. The van der Waals surface area contributed by atoms with Crippen molar-refractivity contribution in [1.29, 1.82) is 0 Å². The third-order valence-corrected chi connectivity index (χ3v) is 5.42. The van der Waals surface area contributed by atoms with Crippen molar-refractivity contribution in [3.8, 4) is 0 Å². The summed E-state index contributed by atoms with van der Waals surface area (Å²) in [6, 6.07) is 6.26. The summed E-state index contributed by atoms with van der Waals surface area (Å²) in [7, 11) is 0. The molecule has 0 amide bonds. The molecule has 2 aromatic rings. The lowest BCUT2D eigenvalue weighted by Crippen LogP contribution is -2.39. The molecule has 1 aliphatic rings. The van der Waals surface area contributed by atoms with Crippen LogP contribution in [0.5, 0.6) is 0 Å². The van der Waals surface area contributed by atoms with E-state index in [1.165, 1.54) is 0 Å². The molecule has 174 valence electrons. The number of esters is 1. The summed E-state index contributed by atoms with van der Waals surface area (Å²) in [5.74, 6) is -1.82. The van der Waals surface area contributed by atoms with Crippen molar-refractivity contribution in [2.75, 3.05) is 6.61 Å². The highest BCUT2D eigenvalue weighted by Crippen LogP contribution is 2.31. The Morgan fingerprint density at radius 3 is 2.69 bits per heavy atom. The lowest BCUT2D eigenvalue weighted by Gasteiger charge is -2.21. The highest BCUT2D eigenvalue weighted by atomic mass is 35.5. The zero-order valence-electron chi connectivity index (χ0n) is 17.6. The number of halogens is 2. The van der Waals surface area contributed by atoms with Crippen LogP contribution in [0.1, 0.15) is 32.1 Å². The van der Waals surface area contributed by atoms with Crippen molar-refractivity contribution in [3.05, 3.63) is 67.7 Å². The number of nitrogens with two attached hydrogens (primary N) is 1. The molecule has 1 aliphatic heterocycles. The quantitative estimate of drug-likeness (QED) is 0.564. The fraction of sp³-hybridized carbons (Fsp3) is 0.476. The van der Waals surface area contributed by atoms with Gasteiger partial charge in [-0.25, -0.2) is 4.79 Å². The second-order valence-electron chi connectivity index (χ2n) is 7.88. The number of aromatic nitrogens is 2. The molecule has 9 nitrogen and oxygen atoms in total. The fourth-order valence-electron chi connectivity index (χ4n) is 3.19. The Kier molecular flexibility index (Phi) is 7.83. The first kappa shape index (κ1) is 24.1. The Labute approximate surface area is 188 Å². The maximum atomic E-state index is 13.7. The molecule has 2 heterocycles. The smallest absolute Gasteiger partial charge is 0.330 e. The van der Waals surface area contributed by atoms with E-state index in [1.807, 2.05) is 4.98 Å². The van der Waals surface area contributed by atoms with Crippen LogP contribution in [0.3, 0.4) is 0 Å². The van der Waals surface area contributed by atoms with E-state index in [-0.39, 0.29) is 25.6 Å². The number of hydrogen-bond donors (Lipinski definition) is 2. The third kappa shape index (κ3) is 5.83. The average molecular weight is 470 g/mol. The molecule has 3 N–H and O–H groups in total. The molecule has 1 aromatic carbocycles. The summed E-state index contributed by atoms with van der Waals surface area (Å²) in [4.78, 5) is 37.5. The Balaban J connectivity index is 1.74. The van der Waals surface area contributed by atoms with Crippen molar-refractivity contribution in [3.63, 3.8) is 0 Å². The van der Waals surface area contributed by atoms with E-state index >= 15 is 0 Å². The summed E-state index contributed by atoms with van der Waals surface area (Å²) < 4.78 is 31.8. The molecule has 1 saturated heterocycles. The lowest BCUT2D eigenvalue weighted by atomic mass is 10.1. The minimum Gasteiger partial charge on any atom is -0.462 e. The van der Waals surface area contributed by atoms with Crippen LogP contribution in [-0.4, -0.2) is 40.4 Å².